The Morgan fingerprint density at radius 1 is 1.04 bits per heavy atom. The van der Waals surface area contributed by atoms with Gasteiger partial charge in [-0.3, -0.25) is 33.7 Å². The number of hydrogen-bond donors (Lipinski definition) is 8. The van der Waals surface area contributed by atoms with Gasteiger partial charge in [-0.15, -0.1) is 0 Å². The van der Waals surface area contributed by atoms with Gasteiger partial charge in [0.25, 0.3) is 5.91 Å². The zero-order chi connectivity index (χ0) is 54.4. The van der Waals surface area contributed by atoms with Crippen LogP contribution in [0, 0.1) is 17.3 Å². The highest BCUT2D eigenvalue weighted by Crippen LogP contribution is 2.42. The van der Waals surface area contributed by atoms with E-state index in [2.05, 4.69) is 52.3 Å². The SMILES string of the molecule is CCC=CC(CC)c1nc2ncnc(N[C@H]3O[C@@H](CO)C(=NC(=O)CN(C)C(=O)OCc4ccc(NC(=O)[C@H](C)NC(=O)[C@@H](NC(=O)CCN5C(=O)CC([C@](C)(CC)CCC)C5=O)C(C)C)cc4)[C@@H](O)[C@@H]3O)c2[nH]1. The van der Waals surface area contributed by atoms with Crippen molar-refractivity contribution in [3.05, 3.63) is 54.1 Å². The van der Waals surface area contributed by atoms with Gasteiger partial charge >= 0.3 is 6.09 Å². The number of benzene rings is 1. The number of carbonyl (C=O) groups is 7. The molecule has 0 bridgehead atoms. The van der Waals surface area contributed by atoms with Crippen LogP contribution in [0.4, 0.5) is 16.3 Å². The number of rotatable bonds is 24. The number of carbonyl (C=O) groups excluding carboxylic acids is 7. The van der Waals surface area contributed by atoms with E-state index in [9.17, 15) is 48.9 Å². The molecule has 404 valence electrons. The molecule has 2 unspecified atom stereocenters. The summed E-state index contributed by atoms with van der Waals surface area (Å²) in [7, 11) is 1.29. The second-order valence-electron chi connectivity index (χ2n) is 19.4. The number of ether oxygens (including phenoxy) is 2. The molecule has 0 aliphatic carbocycles. The molecule has 3 aromatic rings. The van der Waals surface area contributed by atoms with E-state index in [0.29, 0.717) is 28.2 Å². The number of hydrogen-bond acceptors (Lipinski definition) is 16. The number of aliphatic imine (C=N–C) groups is 1. The number of aliphatic hydroxyl groups excluding tert-OH is 3. The maximum Gasteiger partial charge on any atom is 0.410 e. The predicted molar refractivity (Wildman–Crippen MR) is 273 cm³/mol. The molecule has 7 amide bonds. The van der Waals surface area contributed by atoms with Crippen LogP contribution in [0.25, 0.3) is 11.2 Å². The van der Waals surface area contributed by atoms with Crippen molar-refractivity contribution in [1.29, 1.82) is 0 Å². The lowest BCUT2D eigenvalue weighted by Gasteiger charge is -2.38. The predicted octanol–water partition coefficient (Wildman–Crippen LogP) is 3.47. The Balaban J connectivity index is 1.07. The number of imide groups is 1. The molecule has 5 rings (SSSR count). The summed E-state index contributed by atoms with van der Waals surface area (Å²) >= 11 is 0. The molecule has 23 nitrogen and oxygen atoms in total. The molecule has 2 saturated heterocycles. The van der Waals surface area contributed by atoms with Gasteiger partial charge in [0.1, 0.15) is 61.2 Å². The Bertz CT molecular complexity index is 2530. The van der Waals surface area contributed by atoms with Crippen LogP contribution in [0.5, 0.6) is 0 Å². The van der Waals surface area contributed by atoms with Crippen molar-refractivity contribution in [2.75, 3.05) is 37.4 Å². The zero-order valence-electron chi connectivity index (χ0n) is 43.7. The Kier molecular flexibility index (Phi) is 20.8. The number of imidazole rings is 1. The zero-order valence-corrected chi connectivity index (χ0v) is 43.7. The Morgan fingerprint density at radius 2 is 1.76 bits per heavy atom. The number of allylic oxidation sites excluding steroid dienone is 2. The number of likely N-dealkylation sites (N-methyl/N-ethyl adjacent to an activating group) is 1. The normalized spacial score (nSPS) is 21.6. The van der Waals surface area contributed by atoms with Crippen molar-refractivity contribution in [1.82, 2.24) is 40.4 Å². The third-order valence-electron chi connectivity index (χ3n) is 13.5. The molecule has 2 fully saturated rings. The molecule has 23 heteroatoms. The molecule has 1 aromatic carbocycles. The molecule has 0 radical (unpaired) electrons. The maximum absolute atomic E-state index is 13.3. The van der Waals surface area contributed by atoms with E-state index in [-0.39, 0.29) is 66.6 Å². The van der Waals surface area contributed by atoms with E-state index < -0.39 is 85.4 Å². The van der Waals surface area contributed by atoms with E-state index in [0.717, 1.165) is 41.9 Å². The van der Waals surface area contributed by atoms with Gasteiger partial charge in [0.15, 0.2) is 17.7 Å². The fourth-order valence-electron chi connectivity index (χ4n) is 8.87. The first kappa shape index (κ1) is 58.2. The second-order valence-corrected chi connectivity index (χ2v) is 19.4. The summed E-state index contributed by atoms with van der Waals surface area (Å²) in [6.07, 6.45) is 2.41. The highest BCUT2D eigenvalue weighted by molar-refractivity contribution is 6.05. The number of nitrogens with one attached hydrogen (secondary N) is 5. The first-order valence-corrected chi connectivity index (χ1v) is 25.3. The minimum atomic E-state index is -1.76. The molecule has 8 N–H and O–H groups in total. The van der Waals surface area contributed by atoms with Gasteiger partial charge in [0, 0.05) is 38.0 Å². The van der Waals surface area contributed by atoms with Gasteiger partial charge in [0.2, 0.25) is 29.5 Å². The number of aliphatic hydroxyl groups is 3. The van der Waals surface area contributed by atoms with Crippen LogP contribution in [-0.2, 0) is 44.8 Å². The summed E-state index contributed by atoms with van der Waals surface area (Å²) in [5.74, 6) is -3.09. The summed E-state index contributed by atoms with van der Waals surface area (Å²) in [6, 6.07) is 4.26. The number of aromatic amines is 1. The van der Waals surface area contributed by atoms with Crippen LogP contribution in [0.1, 0.15) is 118 Å². The van der Waals surface area contributed by atoms with Gasteiger partial charge in [-0.25, -0.2) is 24.7 Å². The fraction of sp³-hybridized carbons (Fsp3) is 0.588. The first-order chi connectivity index (χ1) is 35.2. The number of nitrogens with zero attached hydrogens (tertiary/aromatic N) is 6. The Hall–Kier alpha value is -6.69. The lowest BCUT2D eigenvalue weighted by molar-refractivity contribution is -0.141. The molecule has 9 atom stereocenters. The topological polar surface area (TPSA) is 320 Å². The van der Waals surface area contributed by atoms with Gasteiger partial charge in [0.05, 0.1) is 18.2 Å². The number of aromatic nitrogens is 4. The maximum atomic E-state index is 13.3. The van der Waals surface area contributed by atoms with Crippen molar-refractivity contribution in [2.24, 2.45) is 22.2 Å². The lowest BCUT2D eigenvalue weighted by Crippen LogP contribution is -2.58. The molecule has 4 heterocycles. The van der Waals surface area contributed by atoms with Gasteiger partial charge in [-0.05, 0) is 61.6 Å². The van der Waals surface area contributed by atoms with E-state index in [1.165, 1.54) is 20.3 Å². The van der Waals surface area contributed by atoms with Gasteiger partial charge < -0.3 is 55.9 Å². The summed E-state index contributed by atoms with van der Waals surface area (Å²) in [5.41, 5.74) is 1.03. The van der Waals surface area contributed by atoms with Crippen LogP contribution < -0.4 is 21.3 Å². The standard InChI is InChI=1S/C51H73N11O12/c1-10-14-15-31(12-3)43-58-40-44(59-43)52-27-53-45(40)60-48-42(68)41(67)39(34(25-63)74-48)57-36(65)24-61(9)50(72)73-26-30-16-18-32(19-17-30)55-46(69)29(7)54-47(70)38(28(5)6)56-35(64)20-22-62-37(66)23-33(49(62)71)51(8,13-4)21-11-2/h14-19,27-29,31,33-34,38,41-42,48,63,67-68H,10-13,20-26H2,1-9H3,(H,54,70)(H,55,69)(H,56,64)(H2,52,53,58,59,60)/t29-,31?,33?,34-,38-,41+,42-,48-,51+/m0/s1. The smallest absolute Gasteiger partial charge is 0.410 e. The van der Waals surface area contributed by atoms with Crippen LogP contribution >= 0.6 is 0 Å². The quantitative estimate of drug-likeness (QED) is 0.0470. The molecule has 2 aromatic heterocycles. The summed E-state index contributed by atoms with van der Waals surface area (Å²) in [4.78, 5) is 114. The highest BCUT2D eigenvalue weighted by Gasteiger charge is 2.47. The van der Waals surface area contributed by atoms with Gasteiger partial charge in [-0.1, -0.05) is 79.2 Å². The second kappa shape index (κ2) is 26.5. The molecule has 0 saturated carbocycles. The summed E-state index contributed by atoms with van der Waals surface area (Å²) < 4.78 is 11.2. The number of anilines is 2. The number of likely N-dealkylation sites (tertiary alicyclic amines) is 1. The van der Waals surface area contributed by atoms with E-state index in [1.807, 2.05) is 40.7 Å². The third kappa shape index (κ3) is 14.5. The summed E-state index contributed by atoms with van der Waals surface area (Å²) in [5, 5.41) is 43.3. The number of fused-ring (bicyclic) bond motifs is 1. The fourth-order valence-corrected chi connectivity index (χ4v) is 8.87. The average molecular weight is 1030 g/mol. The average Bonchev–Trinajstić information content (AvgIpc) is 3.94. The highest BCUT2D eigenvalue weighted by atomic mass is 16.6. The molecular formula is C51H73N11O12. The van der Waals surface area contributed by atoms with Crippen molar-refractivity contribution in [2.45, 2.75) is 149 Å². The largest absolute Gasteiger partial charge is 0.445 e. The van der Waals surface area contributed by atoms with E-state index in [4.69, 9.17) is 9.47 Å². The van der Waals surface area contributed by atoms with Crippen LogP contribution in [0.2, 0.25) is 0 Å². The van der Waals surface area contributed by atoms with Crippen molar-refractivity contribution < 1.29 is 58.4 Å². The minimum Gasteiger partial charge on any atom is -0.445 e. The molecule has 2 aliphatic rings. The van der Waals surface area contributed by atoms with Crippen LogP contribution in [-0.4, -0.2) is 156 Å². The van der Waals surface area contributed by atoms with E-state index in [1.54, 1.807) is 38.1 Å². The summed E-state index contributed by atoms with van der Waals surface area (Å²) in [6.45, 7) is 13.5. The Labute approximate surface area is 430 Å². The van der Waals surface area contributed by atoms with E-state index >= 15 is 0 Å². The molecular weight excluding hydrogens is 959 g/mol. The molecule has 2 aliphatic heterocycles. The first-order valence-electron chi connectivity index (χ1n) is 25.3. The van der Waals surface area contributed by atoms with Crippen molar-refractivity contribution >= 4 is 69.9 Å². The third-order valence-corrected chi connectivity index (χ3v) is 13.5. The van der Waals surface area contributed by atoms with Crippen molar-refractivity contribution in [3.63, 3.8) is 0 Å². The molecule has 74 heavy (non-hydrogen) atoms. The number of amides is 7. The van der Waals surface area contributed by atoms with Gasteiger partial charge in [-0.2, -0.15) is 0 Å². The van der Waals surface area contributed by atoms with Crippen molar-refractivity contribution in [3.8, 4) is 0 Å². The molecule has 0 spiro atoms. The van der Waals surface area contributed by atoms with Crippen LogP contribution in [0.15, 0.2) is 47.7 Å². The van der Waals surface area contributed by atoms with Crippen LogP contribution in [0.3, 0.4) is 0 Å². The minimum absolute atomic E-state index is 0.00460. The monoisotopic (exact) mass is 1030 g/mol. The number of H-pyrrole nitrogens is 1. The Morgan fingerprint density at radius 3 is 2.39 bits per heavy atom. The lowest BCUT2D eigenvalue weighted by atomic mass is 9.71.